The highest BCUT2D eigenvalue weighted by Gasteiger charge is 2.32. The van der Waals surface area contributed by atoms with Crippen LogP contribution in [0.4, 0.5) is 14.5 Å². The number of benzene rings is 2. The zero-order valence-electron chi connectivity index (χ0n) is 19.3. The number of aliphatic hydroxyl groups is 1. The smallest absolute Gasteiger partial charge is 0.187 e. The molecule has 6 nitrogen and oxygen atoms in total. The van der Waals surface area contributed by atoms with Crippen LogP contribution in [0.2, 0.25) is 0 Å². The summed E-state index contributed by atoms with van der Waals surface area (Å²) in [4.78, 5) is 21.4. The molecular weight excluding hydrogens is 452 g/mol. The molecule has 0 aliphatic heterocycles. The standard InChI is InChI=1S/C27H23F2N3O3/c1-17-25(23(34)14-27(2,16-33)18-7-4-8-19(13-18)30-3)32-12-6-11-24(26(32)31-17)35-15-20-21(28)9-5-10-22(20)29/h4-13,33H,14-16H2,1-2H3/t27-/m0/s1. The van der Waals surface area contributed by atoms with Gasteiger partial charge in [0.25, 0.3) is 0 Å². The summed E-state index contributed by atoms with van der Waals surface area (Å²) in [6.07, 6.45) is 1.64. The van der Waals surface area contributed by atoms with Gasteiger partial charge in [-0.05, 0) is 36.8 Å². The van der Waals surface area contributed by atoms with Gasteiger partial charge in [-0.1, -0.05) is 37.3 Å². The number of Topliss-reactive ketones (excluding diaryl/α,β-unsaturated/α-hetero) is 1. The average molecular weight is 475 g/mol. The molecule has 2 aromatic carbocycles. The molecule has 2 aromatic heterocycles. The van der Waals surface area contributed by atoms with Gasteiger partial charge in [-0.15, -0.1) is 0 Å². The normalized spacial score (nSPS) is 12.8. The molecule has 0 saturated heterocycles. The quantitative estimate of drug-likeness (QED) is 0.267. The minimum atomic E-state index is -0.912. The number of hydrogen-bond acceptors (Lipinski definition) is 4. The van der Waals surface area contributed by atoms with Crippen molar-refractivity contribution in [2.24, 2.45) is 0 Å². The first-order valence-electron chi connectivity index (χ1n) is 10.9. The van der Waals surface area contributed by atoms with Gasteiger partial charge in [0.2, 0.25) is 0 Å². The third kappa shape index (κ3) is 4.63. The van der Waals surface area contributed by atoms with Gasteiger partial charge in [-0.25, -0.2) is 18.6 Å². The van der Waals surface area contributed by atoms with E-state index in [9.17, 15) is 18.7 Å². The van der Waals surface area contributed by atoms with Crippen LogP contribution in [0.5, 0.6) is 5.75 Å². The van der Waals surface area contributed by atoms with Crippen molar-refractivity contribution < 1.29 is 23.4 Å². The Labute approximate surface area is 201 Å². The van der Waals surface area contributed by atoms with Crippen LogP contribution in [0.15, 0.2) is 60.8 Å². The zero-order chi connectivity index (χ0) is 25.2. The molecule has 35 heavy (non-hydrogen) atoms. The molecule has 0 fully saturated rings. The van der Waals surface area contributed by atoms with Crippen LogP contribution in [0.25, 0.3) is 10.5 Å². The first-order chi connectivity index (χ1) is 16.8. The van der Waals surface area contributed by atoms with Gasteiger partial charge in [-0.3, -0.25) is 9.20 Å². The molecule has 0 bridgehead atoms. The van der Waals surface area contributed by atoms with E-state index in [0.29, 0.717) is 28.3 Å². The van der Waals surface area contributed by atoms with Gasteiger partial charge in [0.05, 0.1) is 24.4 Å². The first kappa shape index (κ1) is 24.0. The number of ketones is 1. The van der Waals surface area contributed by atoms with Crippen LogP contribution in [0, 0.1) is 25.1 Å². The molecule has 1 N–H and O–H groups in total. The number of pyridine rings is 1. The molecule has 0 spiro atoms. The molecule has 0 unspecified atom stereocenters. The highest BCUT2D eigenvalue weighted by atomic mass is 19.1. The maximum Gasteiger partial charge on any atom is 0.187 e. The van der Waals surface area contributed by atoms with Gasteiger partial charge in [0, 0.05) is 18.0 Å². The average Bonchev–Trinajstić information content (AvgIpc) is 3.20. The van der Waals surface area contributed by atoms with Crippen molar-refractivity contribution in [3.63, 3.8) is 0 Å². The second kappa shape index (κ2) is 9.65. The number of aryl methyl sites for hydroxylation is 1. The van der Waals surface area contributed by atoms with Crippen molar-refractivity contribution in [1.82, 2.24) is 9.38 Å². The summed E-state index contributed by atoms with van der Waals surface area (Å²) in [7, 11) is 0. The fourth-order valence-electron chi connectivity index (χ4n) is 4.06. The lowest BCUT2D eigenvalue weighted by Gasteiger charge is -2.27. The zero-order valence-corrected chi connectivity index (χ0v) is 19.3. The minimum Gasteiger partial charge on any atom is -0.485 e. The predicted octanol–water partition coefficient (Wildman–Crippen LogP) is 5.57. The number of ether oxygens (including phenoxy) is 1. The molecule has 0 amide bonds. The number of halogens is 2. The molecule has 4 rings (SSSR count). The number of carbonyl (C=O) groups is 1. The van der Waals surface area contributed by atoms with Gasteiger partial charge in [-0.2, -0.15) is 0 Å². The largest absolute Gasteiger partial charge is 0.485 e. The number of fused-ring (bicyclic) bond motifs is 1. The van der Waals surface area contributed by atoms with E-state index in [1.807, 2.05) is 0 Å². The predicted molar refractivity (Wildman–Crippen MR) is 127 cm³/mol. The van der Waals surface area contributed by atoms with Crippen LogP contribution in [0.3, 0.4) is 0 Å². The molecule has 178 valence electrons. The number of rotatable bonds is 8. The Morgan fingerprint density at radius 1 is 1.17 bits per heavy atom. The summed E-state index contributed by atoms with van der Waals surface area (Å²) in [6, 6.07) is 13.7. The summed E-state index contributed by atoms with van der Waals surface area (Å²) in [5, 5.41) is 10.2. The van der Waals surface area contributed by atoms with Crippen molar-refractivity contribution in [3.05, 3.63) is 106 Å². The van der Waals surface area contributed by atoms with E-state index in [0.717, 1.165) is 12.1 Å². The summed E-state index contributed by atoms with van der Waals surface area (Å²) in [5.74, 6) is -1.40. The third-order valence-electron chi connectivity index (χ3n) is 6.06. The maximum absolute atomic E-state index is 14.0. The number of imidazole rings is 1. The minimum absolute atomic E-state index is 0.0227. The van der Waals surface area contributed by atoms with Gasteiger partial charge in [0.15, 0.2) is 22.9 Å². The van der Waals surface area contributed by atoms with E-state index in [1.54, 1.807) is 60.8 Å². The molecule has 0 aliphatic rings. The Balaban J connectivity index is 1.65. The topological polar surface area (TPSA) is 68.2 Å². The molecule has 4 aromatic rings. The van der Waals surface area contributed by atoms with Crippen LogP contribution < -0.4 is 4.74 Å². The number of nitrogens with zero attached hydrogens (tertiary/aromatic N) is 3. The van der Waals surface area contributed by atoms with Gasteiger partial charge < -0.3 is 9.84 Å². The SMILES string of the molecule is [C-]#[N+]c1cccc([C@](C)(CO)CC(=O)c2c(C)nc3c(OCc4c(F)cccc4F)cccn23)c1. The van der Waals surface area contributed by atoms with Gasteiger partial charge >= 0.3 is 0 Å². The van der Waals surface area contributed by atoms with E-state index in [4.69, 9.17) is 11.3 Å². The van der Waals surface area contributed by atoms with E-state index in [-0.39, 0.29) is 36.7 Å². The molecule has 1 atom stereocenters. The third-order valence-corrected chi connectivity index (χ3v) is 6.06. The summed E-state index contributed by atoms with van der Waals surface area (Å²) in [5.41, 5.74) is 1.12. The van der Waals surface area contributed by atoms with Crippen molar-refractivity contribution in [3.8, 4) is 5.75 Å². The Kier molecular flexibility index (Phi) is 6.63. The monoisotopic (exact) mass is 475 g/mol. The molecule has 0 saturated carbocycles. The fraction of sp³-hybridized carbons (Fsp3) is 0.222. The number of aliphatic hydroxyl groups excluding tert-OH is 1. The van der Waals surface area contributed by atoms with Crippen LogP contribution in [-0.2, 0) is 12.0 Å². The second-order valence-corrected chi connectivity index (χ2v) is 8.58. The Hall–Kier alpha value is -4.09. The number of aromatic nitrogens is 2. The maximum atomic E-state index is 14.0. The summed E-state index contributed by atoms with van der Waals surface area (Å²) >= 11 is 0. The highest BCUT2D eigenvalue weighted by molar-refractivity contribution is 5.97. The van der Waals surface area contributed by atoms with Crippen molar-refractivity contribution in [2.45, 2.75) is 32.3 Å². The van der Waals surface area contributed by atoms with Crippen molar-refractivity contribution in [2.75, 3.05) is 6.61 Å². The van der Waals surface area contributed by atoms with E-state index >= 15 is 0 Å². The fourth-order valence-corrected chi connectivity index (χ4v) is 4.06. The van der Waals surface area contributed by atoms with Crippen LogP contribution >= 0.6 is 0 Å². The lowest BCUT2D eigenvalue weighted by atomic mass is 9.78. The lowest BCUT2D eigenvalue weighted by Crippen LogP contribution is -2.30. The first-order valence-corrected chi connectivity index (χ1v) is 10.9. The molecule has 0 aliphatic carbocycles. The summed E-state index contributed by atoms with van der Waals surface area (Å²) in [6.45, 7) is 10.1. The summed E-state index contributed by atoms with van der Waals surface area (Å²) < 4.78 is 35.3. The Morgan fingerprint density at radius 2 is 1.89 bits per heavy atom. The molecule has 0 radical (unpaired) electrons. The Morgan fingerprint density at radius 3 is 2.57 bits per heavy atom. The Bertz CT molecular complexity index is 1440. The second-order valence-electron chi connectivity index (χ2n) is 8.58. The van der Waals surface area contributed by atoms with Crippen LogP contribution in [0.1, 0.15) is 40.7 Å². The lowest BCUT2D eigenvalue weighted by molar-refractivity contribution is 0.0912. The molecule has 2 heterocycles. The number of hydrogen-bond donors (Lipinski definition) is 1. The van der Waals surface area contributed by atoms with Gasteiger partial charge in [0.1, 0.15) is 23.9 Å². The van der Waals surface area contributed by atoms with Crippen LogP contribution in [-0.4, -0.2) is 26.9 Å². The van der Waals surface area contributed by atoms with Crippen molar-refractivity contribution >= 4 is 17.1 Å². The highest BCUT2D eigenvalue weighted by Crippen LogP contribution is 2.33. The molecular formula is C27H23F2N3O3. The van der Waals surface area contributed by atoms with E-state index in [2.05, 4.69) is 9.83 Å². The van der Waals surface area contributed by atoms with Crippen molar-refractivity contribution in [1.29, 1.82) is 0 Å². The van der Waals surface area contributed by atoms with E-state index in [1.165, 1.54) is 6.07 Å². The number of carbonyl (C=O) groups excluding carboxylic acids is 1. The van der Waals surface area contributed by atoms with E-state index < -0.39 is 17.0 Å². The molecule has 8 heteroatoms.